The fourth-order valence-corrected chi connectivity index (χ4v) is 1.14. The number of rotatable bonds is 3. The van der Waals surface area contributed by atoms with E-state index in [1.807, 2.05) is 30.3 Å². The normalized spacial score (nSPS) is 13.4. The molecule has 0 saturated carbocycles. The number of hydrogen-bond donors (Lipinski definition) is 1. The summed E-state index contributed by atoms with van der Waals surface area (Å²) in [5.74, 6) is 4.77. The lowest BCUT2D eigenvalue weighted by Crippen LogP contribution is -2.41. The Bertz CT molecular complexity index is 450. The highest BCUT2D eigenvalue weighted by atomic mass is 16.5. The fraction of sp³-hybridized carbons (Fsp3) is 0.400. The van der Waals surface area contributed by atoms with Gasteiger partial charge in [-0.25, -0.2) is 4.79 Å². The molecule has 3 heteroatoms. The second-order valence-corrected chi connectivity index (χ2v) is 4.55. The third-order valence-corrected chi connectivity index (χ3v) is 2.82. The molecule has 0 fully saturated rings. The van der Waals surface area contributed by atoms with E-state index in [0.717, 1.165) is 5.56 Å². The smallest absolute Gasteiger partial charge is 0.339 e. The van der Waals surface area contributed by atoms with E-state index in [4.69, 9.17) is 4.74 Å². The van der Waals surface area contributed by atoms with Gasteiger partial charge in [0.05, 0.1) is 0 Å². The van der Waals surface area contributed by atoms with Crippen LogP contribution in [0.5, 0.6) is 0 Å². The van der Waals surface area contributed by atoms with Crippen molar-refractivity contribution in [1.82, 2.24) is 0 Å². The van der Waals surface area contributed by atoms with E-state index < -0.39 is 11.6 Å². The van der Waals surface area contributed by atoms with Gasteiger partial charge in [-0.15, -0.1) is 0 Å². The maximum absolute atomic E-state index is 11.6. The lowest BCUT2D eigenvalue weighted by molar-refractivity contribution is -0.166. The third-order valence-electron chi connectivity index (χ3n) is 2.82. The number of benzene rings is 1. The Balaban J connectivity index is 2.49. The van der Waals surface area contributed by atoms with E-state index in [2.05, 4.69) is 11.8 Å². The van der Waals surface area contributed by atoms with E-state index >= 15 is 0 Å². The third kappa shape index (κ3) is 3.90. The van der Waals surface area contributed by atoms with E-state index in [0.29, 0.717) is 0 Å². The van der Waals surface area contributed by atoms with Gasteiger partial charge in [0.1, 0.15) is 0 Å². The summed E-state index contributed by atoms with van der Waals surface area (Å²) in [5.41, 5.74) is -0.599. The maximum atomic E-state index is 11.6. The first-order valence-electron chi connectivity index (χ1n) is 5.88. The molecule has 0 bridgehead atoms. The topological polar surface area (TPSA) is 46.5 Å². The van der Waals surface area contributed by atoms with Crippen molar-refractivity contribution in [3.63, 3.8) is 0 Å². The highest BCUT2D eigenvalue weighted by Gasteiger charge is 2.35. The van der Waals surface area contributed by atoms with Gasteiger partial charge in [0.15, 0.2) is 12.2 Å². The zero-order chi connectivity index (χ0) is 13.6. The van der Waals surface area contributed by atoms with Crippen molar-refractivity contribution in [3.05, 3.63) is 35.9 Å². The van der Waals surface area contributed by atoms with Gasteiger partial charge in [0.25, 0.3) is 0 Å². The Morgan fingerprint density at radius 2 is 2.00 bits per heavy atom. The van der Waals surface area contributed by atoms with Gasteiger partial charge in [-0.3, -0.25) is 0 Å². The minimum atomic E-state index is -1.46. The molecule has 0 aliphatic rings. The Kier molecular flexibility index (Phi) is 4.94. The number of aliphatic hydroxyl groups is 1. The second kappa shape index (κ2) is 6.23. The molecule has 1 aromatic rings. The first kappa shape index (κ1) is 14.3. The monoisotopic (exact) mass is 246 g/mol. The molecule has 0 aliphatic carbocycles. The van der Waals surface area contributed by atoms with Crippen molar-refractivity contribution in [2.45, 2.75) is 26.4 Å². The molecule has 0 amide bonds. The Morgan fingerprint density at radius 3 is 2.56 bits per heavy atom. The van der Waals surface area contributed by atoms with Crippen LogP contribution >= 0.6 is 0 Å². The second-order valence-electron chi connectivity index (χ2n) is 4.55. The average Bonchev–Trinajstić information content (AvgIpc) is 2.35. The predicted molar refractivity (Wildman–Crippen MR) is 69.7 cm³/mol. The molecular weight excluding hydrogens is 228 g/mol. The fourth-order valence-electron chi connectivity index (χ4n) is 1.14. The van der Waals surface area contributed by atoms with Crippen molar-refractivity contribution >= 4 is 5.97 Å². The van der Waals surface area contributed by atoms with Crippen LogP contribution in [0, 0.1) is 17.8 Å². The first-order valence-corrected chi connectivity index (χ1v) is 5.88. The van der Waals surface area contributed by atoms with Gasteiger partial charge in [-0.05, 0) is 25.0 Å². The van der Waals surface area contributed by atoms with E-state index in [1.54, 1.807) is 13.8 Å². The van der Waals surface area contributed by atoms with Crippen molar-refractivity contribution in [3.8, 4) is 11.8 Å². The molecule has 3 nitrogen and oxygen atoms in total. The summed E-state index contributed by atoms with van der Waals surface area (Å²) in [7, 11) is 0. The van der Waals surface area contributed by atoms with Crippen molar-refractivity contribution < 1.29 is 14.6 Å². The summed E-state index contributed by atoms with van der Waals surface area (Å²) in [6.45, 7) is 4.95. The largest absolute Gasteiger partial charge is 0.450 e. The SMILES string of the molecule is CC(C)C(C)(O)C(=O)OCC#Cc1ccccc1. The summed E-state index contributed by atoms with van der Waals surface area (Å²) in [5, 5.41) is 9.85. The van der Waals surface area contributed by atoms with Crippen LogP contribution in [0.3, 0.4) is 0 Å². The lowest BCUT2D eigenvalue weighted by atomic mass is 9.93. The van der Waals surface area contributed by atoms with E-state index in [9.17, 15) is 9.90 Å². The van der Waals surface area contributed by atoms with Crippen LogP contribution in [0.4, 0.5) is 0 Å². The Labute approximate surface area is 108 Å². The van der Waals surface area contributed by atoms with E-state index in [1.165, 1.54) is 6.92 Å². The number of carbonyl (C=O) groups excluding carboxylic acids is 1. The van der Waals surface area contributed by atoms with Gasteiger partial charge in [0.2, 0.25) is 0 Å². The van der Waals surface area contributed by atoms with Gasteiger partial charge in [0, 0.05) is 5.56 Å². The summed E-state index contributed by atoms with van der Waals surface area (Å²) >= 11 is 0. The minimum Gasteiger partial charge on any atom is -0.450 e. The van der Waals surface area contributed by atoms with Crippen LogP contribution in [0.15, 0.2) is 30.3 Å². The van der Waals surface area contributed by atoms with Crippen LogP contribution in [0.2, 0.25) is 0 Å². The molecule has 0 aromatic heterocycles. The van der Waals surface area contributed by atoms with Crippen molar-refractivity contribution in [2.75, 3.05) is 6.61 Å². The lowest BCUT2D eigenvalue weighted by Gasteiger charge is -2.24. The molecule has 0 spiro atoms. The highest BCUT2D eigenvalue weighted by Crippen LogP contribution is 2.17. The molecule has 18 heavy (non-hydrogen) atoms. The van der Waals surface area contributed by atoms with Gasteiger partial charge < -0.3 is 9.84 Å². The summed E-state index contributed by atoms with van der Waals surface area (Å²) in [4.78, 5) is 11.6. The summed E-state index contributed by atoms with van der Waals surface area (Å²) < 4.78 is 4.93. The quantitative estimate of drug-likeness (QED) is 0.655. The van der Waals surface area contributed by atoms with Crippen LogP contribution in [-0.2, 0) is 9.53 Å². The Hall–Kier alpha value is -1.79. The van der Waals surface area contributed by atoms with Gasteiger partial charge in [-0.2, -0.15) is 0 Å². The van der Waals surface area contributed by atoms with Crippen molar-refractivity contribution in [1.29, 1.82) is 0 Å². The molecule has 1 rings (SSSR count). The molecular formula is C15H18O3. The average molecular weight is 246 g/mol. The van der Waals surface area contributed by atoms with Gasteiger partial charge in [-0.1, -0.05) is 43.9 Å². The number of carbonyl (C=O) groups is 1. The van der Waals surface area contributed by atoms with Crippen LogP contribution < -0.4 is 0 Å². The van der Waals surface area contributed by atoms with E-state index in [-0.39, 0.29) is 12.5 Å². The molecule has 96 valence electrons. The zero-order valence-corrected chi connectivity index (χ0v) is 10.9. The molecule has 1 atom stereocenters. The minimum absolute atomic E-state index is 0.0173. The molecule has 1 unspecified atom stereocenters. The first-order chi connectivity index (χ1) is 8.44. The standard InChI is InChI=1S/C15H18O3/c1-12(2)15(3,17)14(16)18-11-7-10-13-8-5-4-6-9-13/h4-6,8-9,12,17H,11H2,1-3H3. The predicted octanol–water partition coefficient (Wildman–Crippen LogP) is 1.99. The number of hydrogen-bond acceptors (Lipinski definition) is 3. The molecule has 0 radical (unpaired) electrons. The van der Waals surface area contributed by atoms with Crippen LogP contribution in [0.1, 0.15) is 26.3 Å². The maximum Gasteiger partial charge on any atom is 0.339 e. The Morgan fingerprint density at radius 1 is 1.39 bits per heavy atom. The number of esters is 1. The highest BCUT2D eigenvalue weighted by molar-refractivity contribution is 5.79. The van der Waals surface area contributed by atoms with Crippen molar-refractivity contribution in [2.24, 2.45) is 5.92 Å². The van der Waals surface area contributed by atoms with Gasteiger partial charge >= 0.3 is 5.97 Å². The zero-order valence-electron chi connectivity index (χ0n) is 10.9. The summed E-state index contributed by atoms with van der Waals surface area (Å²) in [6, 6.07) is 9.43. The van der Waals surface area contributed by atoms with Crippen LogP contribution in [0.25, 0.3) is 0 Å². The molecule has 0 heterocycles. The molecule has 0 aliphatic heterocycles. The number of ether oxygens (including phenoxy) is 1. The molecule has 0 saturated heterocycles. The van der Waals surface area contributed by atoms with Crippen LogP contribution in [-0.4, -0.2) is 23.3 Å². The molecule has 1 aromatic carbocycles. The summed E-state index contributed by atoms with van der Waals surface area (Å²) in [6.07, 6.45) is 0. The molecule has 1 N–H and O–H groups in total.